The van der Waals surface area contributed by atoms with Crippen molar-refractivity contribution in [1.82, 2.24) is 4.90 Å². The van der Waals surface area contributed by atoms with Crippen LogP contribution in [0.5, 0.6) is 0 Å². The van der Waals surface area contributed by atoms with Gasteiger partial charge in [0.15, 0.2) is 0 Å². The molecule has 1 aliphatic rings. The Morgan fingerprint density at radius 1 is 1.25 bits per heavy atom. The Hall–Kier alpha value is -1.66. The third-order valence-corrected chi connectivity index (χ3v) is 5.45. The number of carboxylic acid groups (broad SMARTS) is 1. The molecule has 104 valence electrons. The van der Waals surface area contributed by atoms with Gasteiger partial charge in [-0.2, -0.15) is 0 Å². The van der Waals surface area contributed by atoms with Crippen LogP contribution in [0.2, 0.25) is 0 Å². The molecule has 1 amide bonds. The average Bonchev–Trinajstić information content (AvgIpc) is 3.17. The van der Waals surface area contributed by atoms with Crippen molar-refractivity contribution in [3.8, 4) is 0 Å². The van der Waals surface area contributed by atoms with E-state index in [9.17, 15) is 9.59 Å². The topological polar surface area (TPSA) is 57.6 Å². The fraction of sp³-hybridized carbons (Fsp3) is 0.286. The molecule has 0 radical (unpaired) electrons. The third kappa shape index (κ3) is 2.36. The summed E-state index contributed by atoms with van der Waals surface area (Å²) in [5.74, 6) is -1.04. The highest BCUT2D eigenvalue weighted by molar-refractivity contribution is 7.15. The van der Waals surface area contributed by atoms with Gasteiger partial charge < -0.3 is 10.0 Å². The van der Waals surface area contributed by atoms with Crippen LogP contribution in [0.3, 0.4) is 0 Å². The van der Waals surface area contributed by atoms with Gasteiger partial charge in [-0.25, -0.2) is 4.79 Å². The summed E-state index contributed by atoms with van der Waals surface area (Å²) in [6, 6.07) is 7.29. The Morgan fingerprint density at radius 2 is 2.05 bits per heavy atom. The van der Waals surface area contributed by atoms with Gasteiger partial charge in [0.25, 0.3) is 5.91 Å². The minimum absolute atomic E-state index is 0.0570. The molecule has 1 N–H and O–H groups in total. The maximum Gasteiger partial charge on any atom is 0.345 e. The number of hydrogen-bond acceptors (Lipinski definition) is 4. The summed E-state index contributed by atoms with van der Waals surface area (Å²) in [4.78, 5) is 27.2. The van der Waals surface area contributed by atoms with Gasteiger partial charge in [-0.1, -0.05) is 6.07 Å². The number of carboxylic acids is 1. The van der Waals surface area contributed by atoms with Gasteiger partial charge in [0.05, 0.1) is 10.9 Å². The van der Waals surface area contributed by atoms with E-state index in [4.69, 9.17) is 5.11 Å². The summed E-state index contributed by atoms with van der Waals surface area (Å²) in [5, 5.41) is 11.0. The Labute approximate surface area is 124 Å². The molecule has 20 heavy (non-hydrogen) atoms. The molecule has 0 aliphatic carbocycles. The third-order valence-electron chi connectivity index (χ3n) is 3.41. The highest BCUT2D eigenvalue weighted by Crippen LogP contribution is 2.36. The fourth-order valence-corrected chi connectivity index (χ4v) is 4.17. The second kappa shape index (κ2) is 5.38. The van der Waals surface area contributed by atoms with Gasteiger partial charge in [-0.05, 0) is 36.4 Å². The van der Waals surface area contributed by atoms with E-state index in [0.29, 0.717) is 4.88 Å². The number of carbonyl (C=O) groups is 2. The Kier molecular flexibility index (Phi) is 3.58. The molecule has 1 saturated heterocycles. The van der Waals surface area contributed by atoms with Crippen molar-refractivity contribution in [1.29, 1.82) is 0 Å². The molecule has 2 aromatic rings. The zero-order chi connectivity index (χ0) is 14.1. The largest absolute Gasteiger partial charge is 0.477 e. The second-order valence-corrected chi connectivity index (χ2v) is 6.70. The average molecular weight is 307 g/mol. The molecule has 0 saturated carbocycles. The van der Waals surface area contributed by atoms with E-state index < -0.39 is 5.97 Å². The number of aromatic carboxylic acids is 1. The molecule has 1 unspecified atom stereocenters. The molecule has 0 bridgehead atoms. The van der Waals surface area contributed by atoms with Gasteiger partial charge in [-0.15, -0.1) is 22.7 Å². The van der Waals surface area contributed by atoms with Crippen molar-refractivity contribution in [3.05, 3.63) is 44.3 Å². The van der Waals surface area contributed by atoms with Crippen LogP contribution in [-0.4, -0.2) is 28.4 Å². The number of thiophene rings is 2. The highest BCUT2D eigenvalue weighted by Gasteiger charge is 2.32. The summed E-state index contributed by atoms with van der Waals surface area (Å²) >= 11 is 2.71. The maximum atomic E-state index is 12.5. The number of likely N-dealkylation sites (tertiary alicyclic amines) is 1. The van der Waals surface area contributed by atoms with Crippen LogP contribution in [0.4, 0.5) is 0 Å². The molecule has 1 aliphatic heterocycles. The first-order chi connectivity index (χ1) is 9.66. The Bertz CT molecular complexity index is 633. The lowest BCUT2D eigenvalue weighted by Crippen LogP contribution is -2.29. The van der Waals surface area contributed by atoms with Gasteiger partial charge in [0.2, 0.25) is 0 Å². The van der Waals surface area contributed by atoms with Gasteiger partial charge in [0.1, 0.15) is 4.88 Å². The molecule has 6 heteroatoms. The maximum absolute atomic E-state index is 12.5. The van der Waals surface area contributed by atoms with Crippen molar-refractivity contribution >= 4 is 34.6 Å². The van der Waals surface area contributed by atoms with E-state index in [1.54, 1.807) is 17.4 Å². The number of carbonyl (C=O) groups excluding carboxylic acids is 1. The standard InChI is InChI=1S/C14H13NO3S2/c16-13(11-5-6-12(20-11)14(17)18)15-7-1-3-9(15)10-4-2-8-19-10/h2,4-6,8-9H,1,3,7H2,(H,17,18). The molecular weight excluding hydrogens is 294 g/mol. The lowest BCUT2D eigenvalue weighted by molar-refractivity contribution is 0.0701. The van der Waals surface area contributed by atoms with E-state index in [-0.39, 0.29) is 16.8 Å². The van der Waals surface area contributed by atoms with Gasteiger partial charge in [-0.3, -0.25) is 4.79 Å². The zero-order valence-corrected chi connectivity index (χ0v) is 12.2. The number of hydrogen-bond donors (Lipinski definition) is 1. The minimum Gasteiger partial charge on any atom is -0.477 e. The molecule has 0 aromatic carbocycles. The Morgan fingerprint density at radius 3 is 2.70 bits per heavy atom. The number of rotatable bonds is 3. The first kappa shape index (κ1) is 13.3. The second-order valence-electron chi connectivity index (χ2n) is 4.64. The summed E-state index contributed by atoms with van der Waals surface area (Å²) in [7, 11) is 0. The smallest absolute Gasteiger partial charge is 0.345 e. The summed E-state index contributed by atoms with van der Waals surface area (Å²) in [6.07, 6.45) is 1.97. The molecule has 2 aromatic heterocycles. The molecule has 3 rings (SSSR count). The SMILES string of the molecule is O=C(O)c1ccc(C(=O)N2CCCC2c2cccs2)s1. The van der Waals surface area contributed by atoms with Crippen LogP contribution in [0.15, 0.2) is 29.6 Å². The van der Waals surface area contributed by atoms with Crippen molar-refractivity contribution in [2.24, 2.45) is 0 Å². The molecule has 3 heterocycles. The van der Waals surface area contributed by atoms with Crippen LogP contribution in [0.25, 0.3) is 0 Å². The zero-order valence-electron chi connectivity index (χ0n) is 10.6. The summed E-state index contributed by atoms with van der Waals surface area (Å²) in [6.45, 7) is 0.738. The van der Waals surface area contributed by atoms with E-state index in [2.05, 4.69) is 6.07 Å². The van der Waals surface area contributed by atoms with Crippen LogP contribution in [-0.2, 0) is 0 Å². The van der Waals surface area contributed by atoms with Crippen LogP contribution < -0.4 is 0 Å². The summed E-state index contributed by atoms with van der Waals surface area (Å²) < 4.78 is 0. The first-order valence-corrected chi connectivity index (χ1v) is 8.04. The highest BCUT2D eigenvalue weighted by atomic mass is 32.1. The van der Waals surface area contributed by atoms with Crippen molar-refractivity contribution in [2.45, 2.75) is 18.9 Å². The van der Waals surface area contributed by atoms with E-state index in [0.717, 1.165) is 30.7 Å². The predicted octanol–water partition coefficient (Wildman–Crippen LogP) is 3.49. The van der Waals surface area contributed by atoms with E-state index in [1.165, 1.54) is 10.9 Å². The van der Waals surface area contributed by atoms with Gasteiger partial charge in [0, 0.05) is 11.4 Å². The summed E-state index contributed by atoms with van der Waals surface area (Å²) in [5.41, 5.74) is 0. The monoisotopic (exact) mass is 307 g/mol. The van der Waals surface area contributed by atoms with Crippen LogP contribution in [0.1, 0.15) is 43.1 Å². The van der Waals surface area contributed by atoms with Crippen LogP contribution in [0, 0.1) is 0 Å². The molecule has 4 nitrogen and oxygen atoms in total. The molecule has 1 fully saturated rings. The lowest BCUT2D eigenvalue weighted by atomic mass is 10.2. The van der Waals surface area contributed by atoms with Crippen molar-refractivity contribution < 1.29 is 14.7 Å². The van der Waals surface area contributed by atoms with E-state index in [1.807, 2.05) is 16.3 Å². The van der Waals surface area contributed by atoms with Crippen molar-refractivity contribution in [2.75, 3.05) is 6.54 Å². The normalized spacial score (nSPS) is 18.4. The quantitative estimate of drug-likeness (QED) is 0.944. The molecule has 1 atom stereocenters. The molecule has 0 spiro atoms. The van der Waals surface area contributed by atoms with Crippen LogP contribution >= 0.6 is 22.7 Å². The predicted molar refractivity (Wildman–Crippen MR) is 78.6 cm³/mol. The molecular formula is C14H13NO3S2. The fourth-order valence-electron chi connectivity index (χ4n) is 2.50. The van der Waals surface area contributed by atoms with Crippen molar-refractivity contribution in [3.63, 3.8) is 0 Å². The Balaban J connectivity index is 1.83. The van der Waals surface area contributed by atoms with E-state index >= 15 is 0 Å². The number of amides is 1. The lowest BCUT2D eigenvalue weighted by Gasteiger charge is -2.23. The van der Waals surface area contributed by atoms with Gasteiger partial charge >= 0.3 is 5.97 Å². The minimum atomic E-state index is -0.981. The number of nitrogens with zero attached hydrogens (tertiary/aromatic N) is 1. The first-order valence-electron chi connectivity index (χ1n) is 6.34.